The first-order valence-electron chi connectivity index (χ1n) is 23.9. The van der Waals surface area contributed by atoms with Crippen molar-refractivity contribution in [2.24, 2.45) is 0 Å². The minimum absolute atomic E-state index is 0.473. The lowest BCUT2D eigenvalue weighted by molar-refractivity contribution is 0.669. The number of hydrogen-bond donors (Lipinski definition) is 0. The molecule has 0 unspecified atom stereocenters. The maximum absolute atomic E-state index is 6.53. The summed E-state index contributed by atoms with van der Waals surface area (Å²) in [6.45, 7) is 0. The van der Waals surface area contributed by atoms with Crippen molar-refractivity contribution in [3.05, 3.63) is 271 Å². The van der Waals surface area contributed by atoms with Gasteiger partial charge in [-0.05, 0) is 143 Å². The lowest BCUT2D eigenvalue weighted by Crippen LogP contribution is -2.26. The second-order valence-corrected chi connectivity index (χ2v) is 18.7. The van der Waals surface area contributed by atoms with E-state index in [1.165, 1.54) is 88.0 Å². The predicted molar refractivity (Wildman–Crippen MR) is 288 cm³/mol. The van der Waals surface area contributed by atoms with Crippen molar-refractivity contribution in [2.75, 3.05) is 4.90 Å². The molecule has 2 heteroatoms. The van der Waals surface area contributed by atoms with Crippen LogP contribution < -0.4 is 4.90 Å². The van der Waals surface area contributed by atoms with Crippen LogP contribution in [0.4, 0.5) is 17.1 Å². The van der Waals surface area contributed by atoms with E-state index in [0.29, 0.717) is 0 Å². The highest BCUT2D eigenvalue weighted by Gasteiger charge is 2.52. The van der Waals surface area contributed by atoms with Gasteiger partial charge in [0.15, 0.2) is 0 Å². The summed E-state index contributed by atoms with van der Waals surface area (Å²) in [5, 5.41) is 9.64. The molecule has 2 nitrogen and oxygen atoms in total. The molecule has 1 heterocycles. The fourth-order valence-corrected chi connectivity index (χ4v) is 12.3. The van der Waals surface area contributed by atoms with Gasteiger partial charge in [0.25, 0.3) is 0 Å². The molecule has 0 saturated heterocycles. The van der Waals surface area contributed by atoms with E-state index in [-0.39, 0.29) is 0 Å². The molecule has 1 aromatic heterocycles. The minimum atomic E-state index is -0.473. The van der Waals surface area contributed by atoms with Crippen LogP contribution in [-0.4, -0.2) is 0 Å². The van der Waals surface area contributed by atoms with Crippen LogP contribution in [0.5, 0.6) is 0 Å². The van der Waals surface area contributed by atoms with Gasteiger partial charge in [0.05, 0.1) is 16.8 Å². The summed E-state index contributed by atoms with van der Waals surface area (Å²) >= 11 is 0. The van der Waals surface area contributed by atoms with Crippen LogP contribution >= 0.6 is 0 Å². The monoisotopic (exact) mass is 875 g/mol. The van der Waals surface area contributed by atoms with Gasteiger partial charge in [-0.1, -0.05) is 194 Å². The normalized spacial score (nSPS) is 13.0. The van der Waals surface area contributed by atoms with Crippen molar-refractivity contribution in [3.8, 4) is 44.5 Å². The number of anilines is 3. The Morgan fingerprint density at radius 2 is 0.826 bits per heavy atom. The first-order valence-corrected chi connectivity index (χ1v) is 23.9. The summed E-state index contributed by atoms with van der Waals surface area (Å²) in [7, 11) is 0. The molecule has 320 valence electrons. The number of para-hydroxylation sites is 1. The SMILES string of the molecule is c1ccc(N(c2ccc(-c3cc4ccccc4c4ccccc34)cc2)c2cccc3c2-c2ccccc2C32c3ccccc3-c3ccccc32)c(-c2ccc3oc4cc5ccccc5cc4c3c2)c1. The Hall–Kier alpha value is -8.98. The minimum Gasteiger partial charge on any atom is -0.456 e. The topological polar surface area (TPSA) is 16.4 Å². The first-order chi connectivity index (χ1) is 34.2. The van der Waals surface area contributed by atoms with E-state index >= 15 is 0 Å². The van der Waals surface area contributed by atoms with E-state index in [1.807, 2.05) is 0 Å². The number of fused-ring (bicyclic) bond motifs is 17. The number of benzene rings is 12. The fourth-order valence-electron chi connectivity index (χ4n) is 12.3. The molecule has 0 radical (unpaired) electrons. The lowest BCUT2D eigenvalue weighted by atomic mass is 9.70. The van der Waals surface area contributed by atoms with Gasteiger partial charge in [-0.15, -0.1) is 0 Å². The summed E-state index contributed by atoms with van der Waals surface area (Å²) in [6.07, 6.45) is 0. The van der Waals surface area contributed by atoms with Gasteiger partial charge < -0.3 is 9.32 Å². The van der Waals surface area contributed by atoms with E-state index in [9.17, 15) is 0 Å². The van der Waals surface area contributed by atoms with Crippen molar-refractivity contribution in [1.29, 1.82) is 0 Å². The Labute approximate surface area is 399 Å². The van der Waals surface area contributed by atoms with E-state index < -0.39 is 5.41 Å². The van der Waals surface area contributed by atoms with Gasteiger partial charge in [-0.2, -0.15) is 0 Å². The highest BCUT2D eigenvalue weighted by molar-refractivity contribution is 6.14. The molecule has 12 aromatic carbocycles. The van der Waals surface area contributed by atoms with Gasteiger partial charge in [-0.25, -0.2) is 0 Å². The summed E-state index contributed by atoms with van der Waals surface area (Å²) in [4.78, 5) is 2.52. The van der Waals surface area contributed by atoms with E-state index in [2.05, 4.69) is 254 Å². The Kier molecular flexibility index (Phi) is 8.02. The molecule has 15 rings (SSSR count). The molecule has 1 spiro atoms. The smallest absolute Gasteiger partial charge is 0.136 e. The Morgan fingerprint density at radius 1 is 0.290 bits per heavy atom. The van der Waals surface area contributed by atoms with Gasteiger partial charge in [0, 0.05) is 27.6 Å². The van der Waals surface area contributed by atoms with Crippen molar-refractivity contribution < 1.29 is 4.42 Å². The summed E-state index contributed by atoms with van der Waals surface area (Å²) < 4.78 is 6.53. The zero-order valence-electron chi connectivity index (χ0n) is 37.5. The van der Waals surface area contributed by atoms with Gasteiger partial charge in [0.2, 0.25) is 0 Å². The summed E-state index contributed by atoms with van der Waals surface area (Å²) in [6, 6.07) is 92.0. The van der Waals surface area contributed by atoms with Crippen LogP contribution in [0.25, 0.3) is 98.8 Å². The van der Waals surface area contributed by atoms with Crippen LogP contribution in [0, 0.1) is 0 Å². The molecule has 0 fully saturated rings. The molecule has 2 aliphatic rings. The predicted octanol–water partition coefficient (Wildman–Crippen LogP) is 18.2. The summed E-state index contributed by atoms with van der Waals surface area (Å²) in [5.74, 6) is 0. The molecule has 0 bridgehead atoms. The molecule has 0 aliphatic heterocycles. The largest absolute Gasteiger partial charge is 0.456 e. The van der Waals surface area contributed by atoms with Crippen molar-refractivity contribution in [2.45, 2.75) is 5.41 Å². The van der Waals surface area contributed by atoms with E-state index in [4.69, 9.17) is 4.42 Å². The van der Waals surface area contributed by atoms with Crippen molar-refractivity contribution in [3.63, 3.8) is 0 Å². The highest BCUT2D eigenvalue weighted by atomic mass is 16.3. The van der Waals surface area contributed by atoms with Gasteiger partial charge in [-0.3, -0.25) is 0 Å². The third-order valence-electron chi connectivity index (χ3n) is 15.2. The quantitative estimate of drug-likeness (QED) is 0.160. The van der Waals surface area contributed by atoms with E-state index in [1.54, 1.807) is 0 Å². The lowest BCUT2D eigenvalue weighted by Gasteiger charge is -2.32. The standard InChI is InChI=1S/C67H41NO/c1-2-17-44-41-65-57(38-43(44)16-1)56-40-46(34-37-64(56)69-65)49-20-10-14-30-62(49)68(47-35-32-42(33-36-47)55-39-45-18-3-4-19-48(45)50-21-5-6-22-51(50)55)63-31-15-29-61-66(63)54-25-9-13-28-60(54)67(61)58-26-11-7-23-52(58)53-24-8-12-27-59(53)67/h1-41H. The number of rotatable bonds is 5. The number of nitrogens with zero attached hydrogens (tertiary/aromatic N) is 1. The third-order valence-corrected chi connectivity index (χ3v) is 15.2. The van der Waals surface area contributed by atoms with Crippen LogP contribution in [-0.2, 0) is 5.41 Å². The molecular formula is C67H41NO. The summed E-state index contributed by atoms with van der Waals surface area (Å²) in [5.41, 5.74) is 19.7. The maximum Gasteiger partial charge on any atom is 0.136 e. The Morgan fingerprint density at radius 3 is 1.58 bits per heavy atom. The highest BCUT2D eigenvalue weighted by Crippen LogP contribution is 2.65. The van der Waals surface area contributed by atoms with Crippen LogP contribution in [0.1, 0.15) is 22.3 Å². The van der Waals surface area contributed by atoms with Crippen LogP contribution in [0.3, 0.4) is 0 Å². The molecular weight excluding hydrogens is 835 g/mol. The zero-order chi connectivity index (χ0) is 45.2. The molecule has 13 aromatic rings. The van der Waals surface area contributed by atoms with E-state index in [0.717, 1.165) is 50.1 Å². The third kappa shape index (κ3) is 5.37. The Bertz CT molecular complexity index is 4220. The Balaban J connectivity index is 0.979. The molecule has 0 N–H and O–H groups in total. The molecule has 2 aliphatic carbocycles. The average molecular weight is 876 g/mol. The van der Waals surface area contributed by atoms with Crippen LogP contribution in [0.15, 0.2) is 253 Å². The molecule has 69 heavy (non-hydrogen) atoms. The second kappa shape index (κ2) is 14.5. The van der Waals surface area contributed by atoms with Crippen molar-refractivity contribution >= 4 is 71.3 Å². The first kappa shape index (κ1) is 38.2. The van der Waals surface area contributed by atoms with Crippen molar-refractivity contribution in [1.82, 2.24) is 0 Å². The van der Waals surface area contributed by atoms with Gasteiger partial charge in [0.1, 0.15) is 11.2 Å². The zero-order valence-corrected chi connectivity index (χ0v) is 37.5. The maximum atomic E-state index is 6.53. The fraction of sp³-hybridized carbons (Fsp3) is 0.0149. The number of furan rings is 1. The van der Waals surface area contributed by atoms with Gasteiger partial charge >= 0.3 is 0 Å². The molecule has 0 amide bonds. The second-order valence-electron chi connectivity index (χ2n) is 18.7. The molecule has 0 atom stereocenters. The van der Waals surface area contributed by atoms with Crippen LogP contribution in [0.2, 0.25) is 0 Å². The average Bonchev–Trinajstić information content (AvgIpc) is 4.04. The number of hydrogen-bond acceptors (Lipinski definition) is 2. The molecule has 0 saturated carbocycles.